The summed E-state index contributed by atoms with van der Waals surface area (Å²) in [5.74, 6) is -0.417. The van der Waals surface area contributed by atoms with Gasteiger partial charge in [0, 0.05) is 23.3 Å². The lowest BCUT2D eigenvalue weighted by Gasteiger charge is -2.57. The summed E-state index contributed by atoms with van der Waals surface area (Å²) in [6.45, 7) is 3.62. The molecule has 0 unspecified atom stereocenters. The number of aromatic nitrogens is 2. The van der Waals surface area contributed by atoms with Crippen LogP contribution in [-0.2, 0) is 4.79 Å². The van der Waals surface area contributed by atoms with Crippen LogP contribution in [-0.4, -0.2) is 45.8 Å². The lowest BCUT2D eigenvalue weighted by Crippen LogP contribution is -2.67. The van der Waals surface area contributed by atoms with E-state index in [0.29, 0.717) is 0 Å². The monoisotopic (exact) mass is 488 g/mol. The normalized spacial score (nSPS) is 27.8. The summed E-state index contributed by atoms with van der Waals surface area (Å²) in [4.78, 5) is 33.8. The van der Waals surface area contributed by atoms with Crippen molar-refractivity contribution in [3.05, 3.63) is 42.0 Å². The molecule has 1 aromatic heterocycles. The van der Waals surface area contributed by atoms with Crippen LogP contribution in [0.1, 0.15) is 55.2 Å². The van der Waals surface area contributed by atoms with E-state index >= 15 is 0 Å². The smallest absolute Gasteiger partial charge is 0.484 e. The van der Waals surface area contributed by atoms with Gasteiger partial charge in [-0.05, 0) is 57.1 Å². The fourth-order valence-electron chi connectivity index (χ4n) is 5.37. The molecule has 1 atom stereocenters. The minimum absolute atomic E-state index is 0.0890. The summed E-state index contributed by atoms with van der Waals surface area (Å²) in [6, 6.07) is 4.01. The van der Waals surface area contributed by atoms with E-state index in [-0.39, 0.29) is 58.4 Å². The molecule has 2 aromatic rings. The second-order valence-corrected chi connectivity index (χ2v) is 9.65. The van der Waals surface area contributed by atoms with Gasteiger partial charge in [-0.2, -0.15) is 0 Å². The van der Waals surface area contributed by atoms with Crippen molar-refractivity contribution >= 4 is 11.8 Å². The molecular weight excluding hydrogens is 462 g/mol. The molecule has 11 heteroatoms. The first-order chi connectivity index (χ1) is 16.6. The predicted octanol–water partition coefficient (Wildman–Crippen LogP) is 3.12. The van der Waals surface area contributed by atoms with Crippen molar-refractivity contribution in [3.8, 4) is 17.2 Å². The molecule has 35 heavy (non-hydrogen) atoms. The Morgan fingerprint density at radius 3 is 2.51 bits per heavy atom. The van der Waals surface area contributed by atoms with E-state index in [1.807, 2.05) is 6.92 Å². The fraction of sp³-hybridized carbons (Fsp3) is 0.500. The first-order valence-corrected chi connectivity index (χ1v) is 11.5. The highest BCUT2D eigenvalue weighted by molar-refractivity contribution is 5.92. The molecule has 4 aliphatic rings. The number of rotatable bonds is 6. The molecule has 0 saturated heterocycles. The lowest BCUT2D eigenvalue weighted by molar-refractivity contribution is -0.286. The topological polar surface area (TPSA) is 112 Å². The number of benzene rings is 1. The number of carbonyl (C=O) groups excluding carboxylic acids is 2. The highest BCUT2D eigenvalue weighted by atomic mass is 19.3. The maximum absolute atomic E-state index is 13.2. The second kappa shape index (κ2) is 8.31. The minimum atomic E-state index is -3.71. The first kappa shape index (κ1) is 23.3. The molecule has 0 radical (unpaired) electrons. The number of hydrogen-bond acceptors (Lipinski definition) is 7. The summed E-state index contributed by atoms with van der Waals surface area (Å²) in [7, 11) is 0. The minimum Gasteiger partial charge on any atom is -0.484 e. The molecule has 1 aromatic carbocycles. The molecule has 2 bridgehead atoms. The molecule has 186 valence electrons. The highest BCUT2D eigenvalue weighted by Crippen LogP contribution is 2.50. The van der Waals surface area contributed by atoms with Crippen LogP contribution < -0.4 is 24.8 Å². The zero-order valence-corrected chi connectivity index (χ0v) is 19.4. The quantitative estimate of drug-likeness (QED) is 0.643. The van der Waals surface area contributed by atoms with E-state index in [1.54, 1.807) is 6.20 Å². The summed E-state index contributed by atoms with van der Waals surface area (Å²) >= 11 is 0. The third kappa shape index (κ3) is 4.59. The first-order valence-electron chi connectivity index (χ1n) is 11.5. The van der Waals surface area contributed by atoms with E-state index in [2.05, 4.69) is 37.0 Å². The fourth-order valence-corrected chi connectivity index (χ4v) is 5.37. The lowest BCUT2D eigenvalue weighted by atomic mass is 9.56. The Kier molecular flexibility index (Phi) is 5.52. The van der Waals surface area contributed by atoms with Crippen molar-refractivity contribution in [2.45, 2.75) is 63.3 Å². The predicted molar refractivity (Wildman–Crippen MR) is 118 cm³/mol. The Labute approximate surface area is 200 Å². The molecule has 2 heterocycles. The van der Waals surface area contributed by atoms with Gasteiger partial charge in [0.2, 0.25) is 0 Å². The second-order valence-electron chi connectivity index (χ2n) is 9.65. The van der Waals surface area contributed by atoms with Crippen molar-refractivity contribution in [3.63, 3.8) is 0 Å². The largest absolute Gasteiger partial charge is 0.586 e. The molecule has 3 fully saturated rings. The van der Waals surface area contributed by atoms with Crippen molar-refractivity contribution in [1.29, 1.82) is 0 Å². The van der Waals surface area contributed by atoms with Gasteiger partial charge in [0.1, 0.15) is 11.4 Å². The highest BCUT2D eigenvalue weighted by Gasteiger charge is 2.54. The molecule has 0 spiro atoms. The van der Waals surface area contributed by atoms with E-state index in [9.17, 15) is 18.4 Å². The Morgan fingerprint density at radius 1 is 1.09 bits per heavy atom. The van der Waals surface area contributed by atoms with Crippen LogP contribution in [0.3, 0.4) is 0 Å². The SMILES string of the molecule is Cc1cnc(C(=O)NC23CCC(NC(=O)COc4ccc5c(c4)OC(F)(F)O5)(CC2)[C@@H](C)C3)cn1. The summed E-state index contributed by atoms with van der Waals surface area (Å²) < 4.78 is 40.6. The van der Waals surface area contributed by atoms with Crippen molar-refractivity contribution in [1.82, 2.24) is 20.6 Å². The molecule has 6 rings (SSSR count). The summed E-state index contributed by atoms with van der Waals surface area (Å²) in [5.41, 5.74) is 0.319. The van der Waals surface area contributed by atoms with Gasteiger partial charge in [0.15, 0.2) is 18.1 Å². The number of nitrogens with one attached hydrogen (secondary N) is 2. The third-order valence-electron chi connectivity index (χ3n) is 7.26. The molecule has 3 saturated carbocycles. The van der Waals surface area contributed by atoms with Gasteiger partial charge in [-0.3, -0.25) is 14.6 Å². The van der Waals surface area contributed by atoms with Crippen LogP contribution >= 0.6 is 0 Å². The van der Waals surface area contributed by atoms with Gasteiger partial charge < -0.3 is 24.8 Å². The van der Waals surface area contributed by atoms with Crippen LogP contribution in [0.4, 0.5) is 8.78 Å². The number of aryl methyl sites for hydroxylation is 1. The number of fused-ring (bicyclic) bond motifs is 4. The standard InChI is InChI=1S/C24H26F2N4O5/c1-14-10-22(30-21(32)17-12-27-15(2)11-28-17)5-7-23(14,8-6-22)29-20(31)13-33-16-3-4-18-19(9-16)35-24(25,26)34-18/h3-4,9,11-12,14H,5-8,10,13H2,1-2H3,(H,29,31)(H,30,32)/t14-,22?,23?/m0/s1. The van der Waals surface area contributed by atoms with Crippen LogP contribution in [0.15, 0.2) is 30.6 Å². The molecule has 1 aliphatic heterocycles. The molecule has 9 nitrogen and oxygen atoms in total. The number of ether oxygens (including phenoxy) is 3. The Morgan fingerprint density at radius 2 is 1.83 bits per heavy atom. The van der Waals surface area contributed by atoms with Crippen LogP contribution in [0.2, 0.25) is 0 Å². The van der Waals surface area contributed by atoms with E-state index in [0.717, 1.165) is 37.8 Å². The third-order valence-corrected chi connectivity index (χ3v) is 7.26. The number of halogens is 2. The van der Waals surface area contributed by atoms with Gasteiger partial charge in [-0.15, -0.1) is 8.78 Å². The van der Waals surface area contributed by atoms with E-state index in [1.165, 1.54) is 24.4 Å². The molecule has 2 N–H and O–H groups in total. The number of alkyl halides is 2. The van der Waals surface area contributed by atoms with Crippen molar-refractivity contribution in [2.24, 2.45) is 5.92 Å². The zero-order chi connectivity index (χ0) is 24.8. The van der Waals surface area contributed by atoms with Gasteiger partial charge in [0.05, 0.1) is 11.9 Å². The molecular formula is C24H26F2N4O5. The van der Waals surface area contributed by atoms with Crippen molar-refractivity contribution < 1.29 is 32.6 Å². The number of hydrogen-bond donors (Lipinski definition) is 2. The summed E-state index contributed by atoms with van der Waals surface area (Å²) in [6.07, 6.45) is 2.98. The van der Waals surface area contributed by atoms with Gasteiger partial charge >= 0.3 is 6.29 Å². The van der Waals surface area contributed by atoms with Crippen LogP contribution in [0, 0.1) is 12.8 Å². The Hall–Kier alpha value is -3.50. The average molecular weight is 488 g/mol. The number of nitrogens with zero attached hydrogens (tertiary/aromatic N) is 2. The van der Waals surface area contributed by atoms with Gasteiger partial charge in [-0.25, -0.2) is 4.98 Å². The maximum Gasteiger partial charge on any atom is 0.586 e. The molecule has 2 amide bonds. The average Bonchev–Trinajstić information content (AvgIpc) is 3.12. The summed E-state index contributed by atoms with van der Waals surface area (Å²) in [5, 5.41) is 6.31. The Bertz CT molecular complexity index is 1150. The van der Waals surface area contributed by atoms with Gasteiger partial charge in [0.25, 0.3) is 11.8 Å². The number of amides is 2. The Balaban J connectivity index is 1.16. The van der Waals surface area contributed by atoms with E-state index in [4.69, 9.17) is 4.74 Å². The van der Waals surface area contributed by atoms with Crippen LogP contribution in [0.5, 0.6) is 17.2 Å². The molecule has 3 aliphatic carbocycles. The van der Waals surface area contributed by atoms with Gasteiger partial charge in [-0.1, -0.05) is 6.92 Å². The van der Waals surface area contributed by atoms with Crippen molar-refractivity contribution in [2.75, 3.05) is 6.61 Å². The van der Waals surface area contributed by atoms with E-state index < -0.39 is 6.29 Å². The maximum atomic E-state index is 13.2. The van der Waals surface area contributed by atoms with Crippen LogP contribution in [0.25, 0.3) is 0 Å². The number of carbonyl (C=O) groups is 2. The zero-order valence-electron chi connectivity index (χ0n) is 19.4.